The van der Waals surface area contributed by atoms with E-state index < -0.39 is 0 Å². The van der Waals surface area contributed by atoms with Gasteiger partial charge in [0.15, 0.2) is 0 Å². The van der Waals surface area contributed by atoms with Crippen molar-refractivity contribution in [3.05, 3.63) is 28.2 Å². The van der Waals surface area contributed by atoms with Crippen LogP contribution < -0.4 is 10.5 Å². The van der Waals surface area contributed by atoms with Gasteiger partial charge in [0.2, 0.25) is 0 Å². The second-order valence-electron chi connectivity index (χ2n) is 4.93. The number of hydrogen-bond donors (Lipinski definition) is 1. The highest BCUT2D eigenvalue weighted by Crippen LogP contribution is 2.42. The van der Waals surface area contributed by atoms with Gasteiger partial charge in [-0.1, -0.05) is 15.9 Å². The zero-order valence-corrected chi connectivity index (χ0v) is 11.2. The lowest BCUT2D eigenvalue weighted by atomic mass is 9.84. The van der Waals surface area contributed by atoms with Crippen molar-refractivity contribution in [2.75, 3.05) is 13.2 Å². The molecular formula is C13H16BrNO2. The smallest absolute Gasteiger partial charge is 0.134 e. The molecule has 92 valence electrons. The normalized spacial score (nSPS) is 32.0. The zero-order chi connectivity index (χ0) is 11.9. The molecule has 0 amide bonds. The average Bonchev–Trinajstić information content (AvgIpc) is 2.31. The average molecular weight is 298 g/mol. The third-order valence-corrected chi connectivity index (χ3v) is 4.07. The lowest BCUT2D eigenvalue weighted by Gasteiger charge is -2.43. The molecule has 1 aromatic rings. The monoisotopic (exact) mass is 297 g/mol. The Kier molecular flexibility index (Phi) is 2.89. The summed E-state index contributed by atoms with van der Waals surface area (Å²) < 4.78 is 12.8. The van der Waals surface area contributed by atoms with Crippen LogP contribution in [-0.2, 0) is 4.74 Å². The predicted molar refractivity (Wildman–Crippen MR) is 69.1 cm³/mol. The first-order valence-corrected chi connectivity index (χ1v) is 6.80. The van der Waals surface area contributed by atoms with Crippen LogP contribution in [0.3, 0.4) is 0 Å². The molecule has 0 aliphatic carbocycles. The van der Waals surface area contributed by atoms with Crippen LogP contribution in [0.5, 0.6) is 5.75 Å². The van der Waals surface area contributed by atoms with Gasteiger partial charge in [0.05, 0.1) is 6.61 Å². The van der Waals surface area contributed by atoms with Gasteiger partial charge in [-0.2, -0.15) is 0 Å². The van der Waals surface area contributed by atoms with Gasteiger partial charge < -0.3 is 15.2 Å². The molecule has 2 atom stereocenters. The van der Waals surface area contributed by atoms with E-state index in [4.69, 9.17) is 15.2 Å². The van der Waals surface area contributed by atoms with Gasteiger partial charge in [-0.3, -0.25) is 0 Å². The molecule has 4 heteroatoms. The Hall–Kier alpha value is -0.580. The van der Waals surface area contributed by atoms with Crippen LogP contribution in [0.25, 0.3) is 0 Å². The molecule has 3 nitrogen and oxygen atoms in total. The zero-order valence-electron chi connectivity index (χ0n) is 9.62. The highest BCUT2D eigenvalue weighted by Gasteiger charge is 2.41. The summed E-state index contributed by atoms with van der Waals surface area (Å²) in [6.07, 6.45) is 2.94. The molecule has 3 rings (SSSR count). The Morgan fingerprint density at radius 1 is 1.41 bits per heavy atom. The molecule has 1 saturated heterocycles. The molecule has 2 unspecified atom stereocenters. The molecule has 0 radical (unpaired) electrons. The molecule has 1 fully saturated rings. The Morgan fingerprint density at radius 3 is 3.06 bits per heavy atom. The SMILES string of the molecule is NC1CC2(CCCOC2)Oc2ccc(Br)cc21. The molecule has 0 saturated carbocycles. The molecule has 0 bridgehead atoms. The van der Waals surface area contributed by atoms with Crippen LogP contribution >= 0.6 is 15.9 Å². The highest BCUT2D eigenvalue weighted by atomic mass is 79.9. The van der Waals surface area contributed by atoms with Crippen molar-refractivity contribution in [3.8, 4) is 5.75 Å². The van der Waals surface area contributed by atoms with E-state index in [1.165, 1.54) is 0 Å². The summed E-state index contributed by atoms with van der Waals surface area (Å²) >= 11 is 3.47. The van der Waals surface area contributed by atoms with Gasteiger partial charge in [-0.25, -0.2) is 0 Å². The van der Waals surface area contributed by atoms with Gasteiger partial charge in [0.1, 0.15) is 11.4 Å². The van der Waals surface area contributed by atoms with Gasteiger partial charge in [0.25, 0.3) is 0 Å². The lowest BCUT2D eigenvalue weighted by molar-refractivity contribution is -0.0833. The van der Waals surface area contributed by atoms with Gasteiger partial charge in [-0.15, -0.1) is 0 Å². The maximum Gasteiger partial charge on any atom is 0.134 e. The van der Waals surface area contributed by atoms with Crippen molar-refractivity contribution in [3.63, 3.8) is 0 Å². The molecule has 2 aliphatic heterocycles. The van der Waals surface area contributed by atoms with E-state index in [9.17, 15) is 0 Å². The third-order valence-electron chi connectivity index (χ3n) is 3.58. The summed E-state index contributed by atoms with van der Waals surface area (Å²) in [6, 6.07) is 6.08. The van der Waals surface area contributed by atoms with Crippen molar-refractivity contribution in [1.82, 2.24) is 0 Å². The number of hydrogen-bond acceptors (Lipinski definition) is 3. The summed E-state index contributed by atoms with van der Waals surface area (Å²) in [5, 5.41) is 0. The van der Waals surface area contributed by atoms with Crippen LogP contribution in [-0.4, -0.2) is 18.8 Å². The fraction of sp³-hybridized carbons (Fsp3) is 0.538. The summed E-state index contributed by atoms with van der Waals surface area (Å²) in [4.78, 5) is 0. The fourth-order valence-electron chi connectivity index (χ4n) is 2.76. The van der Waals surface area contributed by atoms with E-state index in [0.717, 1.165) is 41.7 Å². The van der Waals surface area contributed by atoms with Crippen LogP contribution in [0, 0.1) is 0 Å². The van der Waals surface area contributed by atoms with Crippen molar-refractivity contribution < 1.29 is 9.47 Å². The second-order valence-corrected chi connectivity index (χ2v) is 5.85. The lowest BCUT2D eigenvalue weighted by Crippen LogP contribution is -2.49. The van der Waals surface area contributed by atoms with E-state index in [-0.39, 0.29) is 11.6 Å². The van der Waals surface area contributed by atoms with Crippen molar-refractivity contribution >= 4 is 15.9 Å². The summed E-state index contributed by atoms with van der Waals surface area (Å²) in [6.45, 7) is 1.50. The van der Waals surface area contributed by atoms with E-state index in [1.54, 1.807) is 0 Å². The number of nitrogens with two attached hydrogens (primary N) is 1. The third kappa shape index (κ3) is 2.09. The fourth-order valence-corrected chi connectivity index (χ4v) is 3.13. The first-order valence-electron chi connectivity index (χ1n) is 6.00. The molecule has 17 heavy (non-hydrogen) atoms. The summed E-state index contributed by atoms with van der Waals surface area (Å²) in [7, 11) is 0. The van der Waals surface area contributed by atoms with Gasteiger partial charge in [-0.05, 0) is 31.0 Å². The first-order chi connectivity index (χ1) is 8.19. The molecule has 0 aromatic heterocycles. The van der Waals surface area contributed by atoms with E-state index in [1.807, 2.05) is 12.1 Å². The standard InChI is InChI=1S/C13H16BrNO2/c14-9-2-3-12-10(6-9)11(15)7-13(17-12)4-1-5-16-8-13/h2-3,6,11H,1,4-5,7-8,15H2. The van der Waals surface area contributed by atoms with Crippen molar-refractivity contribution in [1.29, 1.82) is 0 Å². The van der Waals surface area contributed by atoms with Crippen molar-refractivity contribution in [2.45, 2.75) is 30.9 Å². The predicted octanol–water partition coefficient (Wildman–Crippen LogP) is 2.78. The van der Waals surface area contributed by atoms with Gasteiger partial charge in [0, 0.05) is 29.1 Å². The molecular weight excluding hydrogens is 282 g/mol. The molecule has 2 aliphatic rings. The van der Waals surface area contributed by atoms with E-state index >= 15 is 0 Å². The molecule has 2 N–H and O–H groups in total. The molecule has 2 heterocycles. The number of benzene rings is 1. The largest absolute Gasteiger partial charge is 0.484 e. The van der Waals surface area contributed by atoms with Crippen LogP contribution in [0.15, 0.2) is 22.7 Å². The maximum absolute atomic E-state index is 6.26. The van der Waals surface area contributed by atoms with Gasteiger partial charge >= 0.3 is 0 Å². The van der Waals surface area contributed by atoms with Crippen LogP contribution in [0.4, 0.5) is 0 Å². The Labute approximate surface area is 109 Å². The van der Waals surface area contributed by atoms with Crippen LogP contribution in [0.2, 0.25) is 0 Å². The number of fused-ring (bicyclic) bond motifs is 1. The minimum atomic E-state index is -0.196. The number of halogens is 1. The van der Waals surface area contributed by atoms with Crippen LogP contribution in [0.1, 0.15) is 30.9 Å². The Balaban J connectivity index is 1.94. The Morgan fingerprint density at radius 2 is 2.29 bits per heavy atom. The second kappa shape index (κ2) is 4.26. The minimum absolute atomic E-state index is 0.0398. The topological polar surface area (TPSA) is 44.5 Å². The molecule has 1 aromatic carbocycles. The minimum Gasteiger partial charge on any atom is -0.484 e. The maximum atomic E-state index is 6.26. The Bertz CT molecular complexity index is 429. The first kappa shape index (κ1) is 11.5. The quantitative estimate of drug-likeness (QED) is 0.801. The highest BCUT2D eigenvalue weighted by molar-refractivity contribution is 9.10. The van der Waals surface area contributed by atoms with Crippen molar-refractivity contribution in [2.24, 2.45) is 5.73 Å². The van der Waals surface area contributed by atoms with E-state index in [2.05, 4.69) is 22.0 Å². The molecule has 1 spiro atoms. The summed E-state index contributed by atoms with van der Waals surface area (Å²) in [5.41, 5.74) is 7.16. The number of rotatable bonds is 0. The number of ether oxygens (including phenoxy) is 2. The summed E-state index contributed by atoms with van der Waals surface area (Å²) in [5.74, 6) is 0.914. The van der Waals surface area contributed by atoms with E-state index in [0.29, 0.717) is 6.61 Å².